The Bertz CT molecular complexity index is 1060. The van der Waals surface area contributed by atoms with Gasteiger partial charge in [-0.25, -0.2) is 0 Å². The number of amides is 1. The number of aliphatic hydroxyl groups is 1. The van der Waals surface area contributed by atoms with Gasteiger partial charge in [0.15, 0.2) is 0 Å². The molecule has 1 amide bonds. The zero-order chi connectivity index (χ0) is 25.8. The molecule has 0 aromatic heterocycles. The molecular formula is C29H38N2O4. The Morgan fingerprint density at radius 3 is 2.09 bits per heavy atom. The molecule has 188 valence electrons. The monoisotopic (exact) mass is 478 g/mol. The molecule has 6 nitrogen and oxygen atoms in total. The number of carbonyl (C=O) groups excluding carboxylic acids is 2. The maximum atomic E-state index is 13.2. The second-order valence-electron chi connectivity index (χ2n) is 9.85. The molecule has 1 aliphatic rings. The molecule has 3 rings (SSSR count). The Morgan fingerprint density at radius 1 is 0.971 bits per heavy atom. The summed E-state index contributed by atoms with van der Waals surface area (Å²) in [6.07, 6.45) is 0. The number of rotatable bonds is 9. The normalized spacial score (nSPS) is 17.9. The first kappa shape index (κ1) is 26.5. The second kappa shape index (κ2) is 11.1. The Labute approximate surface area is 209 Å². The molecular weight excluding hydrogens is 440 g/mol. The van der Waals surface area contributed by atoms with Crippen LogP contribution in [0.1, 0.15) is 64.3 Å². The predicted molar refractivity (Wildman–Crippen MR) is 140 cm³/mol. The van der Waals surface area contributed by atoms with Crippen LogP contribution in [-0.4, -0.2) is 59.4 Å². The molecule has 0 spiro atoms. The Balaban J connectivity index is 2.08. The van der Waals surface area contributed by atoms with E-state index in [1.807, 2.05) is 31.2 Å². The lowest BCUT2D eigenvalue weighted by atomic mass is 9.85. The van der Waals surface area contributed by atoms with Crippen LogP contribution in [0.4, 0.5) is 0 Å². The van der Waals surface area contributed by atoms with Crippen LogP contribution in [0.2, 0.25) is 0 Å². The number of carbonyl (C=O) groups is 2. The van der Waals surface area contributed by atoms with E-state index in [2.05, 4.69) is 39.5 Å². The quantitative estimate of drug-likeness (QED) is 0.307. The standard InChI is InChI=1S/C29H38N2O4/c1-7-30(8-2)18-19-31-25(20-10-14-22(15-11-20)29(4,5)6)24(27(33)28(31)34)26(32)21-12-16-23(17-13-21)35-9-3/h10-17,25,32H,7-9,18-19H2,1-6H3/t25-/m0/s1. The lowest BCUT2D eigenvalue weighted by Gasteiger charge is -2.28. The van der Waals surface area contributed by atoms with E-state index in [0.29, 0.717) is 31.0 Å². The third-order valence-electron chi connectivity index (χ3n) is 6.62. The van der Waals surface area contributed by atoms with Crippen molar-refractivity contribution in [2.75, 3.05) is 32.8 Å². The summed E-state index contributed by atoms with van der Waals surface area (Å²) in [5, 5.41) is 11.3. The second-order valence-corrected chi connectivity index (χ2v) is 9.85. The molecule has 0 bridgehead atoms. The molecule has 0 radical (unpaired) electrons. The molecule has 1 atom stereocenters. The number of benzene rings is 2. The van der Waals surface area contributed by atoms with Crippen molar-refractivity contribution in [2.45, 2.75) is 53.0 Å². The van der Waals surface area contributed by atoms with Crippen LogP contribution in [-0.2, 0) is 15.0 Å². The predicted octanol–water partition coefficient (Wildman–Crippen LogP) is 5.15. The zero-order valence-corrected chi connectivity index (χ0v) is 21.8. The van der Waals surface area contributed by atoms with Gasteiger partial charge in [0.2, 0.25) is 0 Å². The van der Waals surface area contributed by atoms with Gasteiger partial charge in [0.25, 0.3) is 11.7 Å². The van der Waals surface area contributed by atoms with Gasteiger partial charge in [-0.05, 0) is 60.8 Å². The van der Waals surface area contributed by atoms with Crippen molar-refractivity contribution in [1.82, 2.24) is 9.80 Å². The molecule has 0 aliphatic carbocycles. The molecule has 0 unspecified atom stereocenters. The van der Waals surface area contributed by atoms with E-state index in [0.717, 1.165) is 24.2 Å². The molecule has 1 fully saturated rings. The molecule has 35 heavy (non-hydrogen) atoms. The molecule has 0 saturated carbocycles. The van der Waals surface area contributed by atoms with Crippen molar-refractivity contribution in [3.8, 4) is 5.75 Å². The fraction of sp³-hybridized carbons (Fsp3) is 0.448. The van der Waals surface area contributed by atoms with Crippen molar-refractivity contribution in [3.63, 3.8) is 0 Å². The summed E-state index contributed by atoms with van der Waals surface area (Å²) >= 11 is 0. The highest BCUT2D eigenvalue weighted by molar-refractivity contribution is 6.46. The average molecular weight is 479 g/mol. The van der Waals surface area contributed by atoms with E-state index in [1.165, 1.54) is 0 Å². The number of Topliss-reactive ketones (excluding diaryl/α,β-unsaturated/α-hetero) is 1. The number of nitrogens with zero attached hydrogens (tertiary/aromatic N) is 2. The van der Waals surface area contributed by atoms with Crippen molar-refractivity contribution >= 4 is 17.4 Å². The van der Waals surface area contributed by atoms with Crippen LogP contribution in [0.15, 0.2) is 54.1 Å². The summed E-state index contributed by atoms with van der Waals surface area (Å²) in [6.45, 7) is 15.8. The number of ketones is 1. The van der Waals surface area contributed by atoms with Gasteiger partial charge in [-0.3, -0.25) is 9.59 Å². The van der Waals surface area contributed by atoms with Gasteiger partial charge in [-0.15, -0.1) is 0 Å². The lowest BCUT2D eigenvalue weighted by Crippen LogP contribution is -2.38. The molecule has 2 aromatic carbocycles. The van der Waals surface area contributed by atoms with Gasteiger partial charge in [0.1, 0.15) is 11.5 Å². The topological polar surface area (TPSA) is 70.1 Å². The minimum Gasteiger partial charge on any atom is -0.507 e. The van der Waals surface area contributed by atoms with Crippen LogP contribution in [0.5, 0.6) is 5.75 Å². The number of likely N-dealkylation sites (N-methyl/N-ethyl adjacent to an activating group) is 1. The Hall–Kier alpha value is -3.12. The zero-order valence-electron chi connectivity index (χ0n) is 21.8. The fourth-order valence-electron chi connectivity index (χ4n) is 4.44. The maximum absolute atomic E-state index is 13.2. The first-order valence-corrected chi connectivity index (χ1v) is 12.5. The van der Waals surface area contributed by atoms with E-state index < -0.39 is 17.7 Å². The van der Waals surface area contributed by atoms with Crippen LogP contribution in [0, 0.1) is 0 Å². The van der Waals surface area contributed by atoms with Gasteiger partial charge in [-0.1, -0.05) is 58.9 Å². The molecule has 1 aliphatic heterocycles. The van der Waals surface area contributed by atoms with Crippen molar-refractivity contribution in [2.24, 2.45) is 0 Å². The summed E-state index contributed by atoms with van der Waals surface area (Å²) in [5.41, 5.74) is 2.55. The SMILES string of the molecule is CCOc1ccc(C(O)=C2C(=O)C(=O)N(CCN(CC)CC)[C@H]2c2ccc(C(C)(C)C)cc2)cc1. The molecule has 1 N–H and O–H groups in total. The van der Waals surface area contributed by atoms with Gasteiger partial charge < -0.3 is 19.6 Å². The van der Waals surface area contributed by atoms with Gasteiger partial charge >= 0.3 is 0 Å². The van der Waals surface area contributed by atoms with Gasteiger partial charge in [-0.2, -0.15) is 0 Å². The average Bonchev–Trinajstić information content (AvgIpc) is 3.09. The first-order chi connectivity index (χ1) is 16.6. The van der Waals surface area contributed by atoms with Crippen molar-refractivity contribution in [1.29, 1.82) is 0 Å². The number of likely N-dealkylation sites (tertiary alicyclic amines) is 1. The van der Waals surface area contributed by atoms with Crippen LogP contribution in [0.25, 0.3) is 5.76 Å². The highest BCUT2D eigenvalue weighted by Gasteiger charge is 2.46. The van der Waals surface area contributed by atoms with Crippen LogP contribution in [0.3, 0.4) is 0 Å². The van der Waals surface area contributed by atoms with Crippen LogP contribution >= 0.6 is 0 Å². The molecule has 2 aromatic rings. The van der Waals surface area contributed by atoms with Crippen molar-refractivity contribution in [3.05, 3.63) is 70.8 Å². The van der Waals surface area contributed by atoms with Gasteiger partial charge in [0.05, 0.1) is 18.2 Å². The number of hydrogen-bond acceptors (Lipinski definition) is 5. The molecule has 6 heteroatoms. The van der Waals surface area contributed by atoms with E-state index in [9.17, 15) is 14.7 Å². The number of aliphatic hydroxyl groups excluding tert-OH is 1. The Morgan fingerprint density at radius 2 is 1.57 bits per heavy atom. The highest BCUT2D eigenvalue weighted by atomic mass is 16.5. The number of ether oxygens (including phenoxy) is 1. The highest BCUT2D eigenvalue weighted by Crippen LogP contribution is 2.40. The third-order valence-corrected chi connectivity index (χ3v) is 6.62. The maximum Gasteiger partial charge on any atom is 0.295 e. The van der Waals surface area contributed by atoms with E-state index in [1.54, 1.807) is 29.2 Å². The summed E-state index contributed by atoms with van der Waals surface area (Å²) in [5.74, 6) is -0.713. The van der Waals surface area contributed by atoms with E-state index in [-0.39, 0.29) is 16.7 Å². The minimum atomic E-state index is -0.652. The number of hydrogen-bond donors (Lipinski definition) is 1. The smallest absolute Gasteiger partial charge is 0.295 e. The molecule has 1 heterocycles. The first-order valence-electron chi connectivity index (χ1n) is 12.5. The summed E-state index contributed by atoms with van der Waals surface area (Å²) in [7, 11) is 0. The fourth-order valence-corrected chi connectivity index (χ4v) is 4.44. The van der Waals surface area contributed by atoms with E-state index in [4.69, 9.17) is 4.74 Å². The Kier molecular flexibility index (Phi) is 8.39. The molecule has 1 saturated heterocycles. The summed E-state index contributed by atoms with van der Waals surface area (Å²) in [6, 6.07) is 14.3. The minimum absolute atomic E-state index is 0.0224. The van der Waals surface area contributed by atoms with Crippen molar-refractivity contribution < 1.29 is 19.4 Å². The summed E-state index contributed by atoms with van der Waals surface area (Å²) in [4.78, 5) is 30.2. The third kappa shape index (κ3) is 5.76. The van der Waals surface area contributed by atoms with Crippen LogP contribution < -0.4 is 4.74 Å². The van der Waals surface area contributed by atoms with Gasteiger partial charge in [0, 0.05) is 18.7 Å². The largest absolute Gasteiger partial charge is 0.507 e. The summed E-state index contributed by atoms with van der Waals surface area (Å²) < 4.78 is 5.49. The lowest BCUT2D eigenvalue weighted by molar-refractivity contribution is -0.140. The van der Waals surface area contributed by atoms with E-state index >= 15 is 0 Å².